The van der Waals surface area contributed by atoms with Crippen LogP contribution in [0, 0.1) is 0 Å². The molecule has 0 unspecified atom stereocenters. The van der Waals surface area contributed by atoms with Crippen LogP contribution in [0.15, 0.2) is 28.4 Å². The summed E-state index contributed by atoms with van der Waals surface area (Å²) in [5.74, 6) is 0.864. The Kier molecular flexibility index (Phi) is 2.29. The summed E-state index contributed by atoms with van der Waals surface area (Å²) < 4.78 is 5.07. The highest BCUT2D eigenvalue weighted by atomic mass is 16.3. The van der Waals surface area contributed by atoms with Crippen LogP contribution in [0.1, 0.15) is 12.7 Å². The molecular formula is C8H11NO. The van der Waals surface area contributed by atoms with Crippen molar-refractivity contribution in [1.82, 2.24) is 0 Å². The summed E-state index contributed by atoms with van der Waals surface area (Å²) in [5, 5.41) is 0. The molecule has 2 heteroatoms. The highest BCUT2D eigenvalue weighted by Crippen LogP contribution is 2.05. The maximum Gasteiger partial charge on any atom is 0.126 e. The SMILES string of the molecule is C/C(=C\c1ccco1)CN. The second kappa shape index (κ2) is 3.22. The molecule has 0 radical (unpaired) electrons. The van der Waals surface area contributed by atoms with Crippen LogP contribution in [-0.2, 0) is 0 Å². The number of nitrogens with two attached hydrogens (primary N) is 1. The molecule has 0 aliphatic carbocycles. The van der Waals surface area contributed by atoms with Crippen LogP contribution >= 0.6 is 0 Å². The molecule has 1 aromatic heterocycles. The molecule has 0 amide bonds. The van der Waals surface area contributed by atoms with Gasteiger partial charge in [0, 0.05) is 6.54 Å². The average molecular weight is 137 g/mol. The summed E-state index contributed by atoms with van der Waals surface area (Å²) in [6.45, 7) is 2.56. The van der Waals surface area contributed by atoms with Crippen LogP contribution in [-0.4, -0.2) is 6.54 Å². The van der Waals surface area contributed by atoms with Gasteiger partial charge in [-0.15, -0.1) is 0 Å². The van der Waals surface area contributed by atoms with Gasteiger partial charge in [-0.2, -0.15) is 0 Å². The van der Waals surface area contributed by atoms with E-state index < -0.39 is 0 Å². The zero-order valence-electron chi connectivity index (χ0n) is 6.00. The second-order valence-electron chi connectivity index (χ2n) is 2.21. The maximum absolute atomic E-state index is 5.38. The van der Waals surface area contributed by atoms with Crippen molar-refractivity contribution in [3.05, 3.63) is 29.7 Å². The normalized spacial score (nSPS) is 12.0. The molecule has 2 nitrogen and oxygen atoms in total. The minimum Gasteiger partial charge on any atom is -0.465 e. The predicted octanol–water partition coefficient (Wildman–Crippen LogP) is 1.64. The summed E-state index contributed by atoms with van der Waals surface area (Å²) >= 11 is 0. The van der Waals surface area contributed by atoms with Crippen LogP contribution in [0.4, 0.5) is 0 Å². The van der Waals surface area contributed by atoms with E-state index in [-0.39, 0.29) is 0 Å². The van der Waals surface area contributed by atoms with E-state index in [1.54, 1.807) is 6.26 Å². The van der Waals surface area contributed by atoms with E-state index in [9.17, 15) is 0 Å². The molecule has 1 heterocycles. The van der Waals surface area contributed by atoms with Gasteiger partial charge in [0.25, 0.3) is 0 Å². The fraction of sp³-hybridized carbons (Fsp3) is 0.250. The summed E-state index contributed by atoms with van der Waals surface area (Å²) in [6, 6.07) is 3.76. The number of rotatable bonds is 2. The third-order valence-corrected chi connectivity index (χ3v) is 1.25. The van der Waals surface area contributed by atoms with E-state index >= 15 is 0 Å². The lowest BCUT2D eigenvalue weighted by atomic mass is 10.2. The van der Waals surface area contributed by atoms with Gasteiger partial charge >= 0.3 is 0 Å². The third kappa shape index (κ3) is 1.74. The van der Waals surface area contributed by atoms with Crippen molar-refractivity contribution in [2.45, 2.75) is 6.92 Å². The van der Waals surface area contributed by atoms with Crippen molar-refractivity contribution in [3.63, 3.8) is 0 Å². The summed E-state index contributed by atoms with van der Waals surface area (Å²) in [7, 11) is 0. The molecule has 1 aromatic rings. The smallest absolute Gasteiger partial charge is 0.126 e. The zero-order valence-corrected chi connectivity index (χ0v) is 6.00. The molecule has 0 saturated heterocycles. The van der Waals surface area contributed by atoms with Crippen molar-refractivity contribution >= 4 is 6.08 Å². The Hall–Kier alpha value is -1.02. The molecule has 0 atom stereocenters. The fourth-order valence-corrected chi connectivity index (χ4v) is 0.675. The van der Waals surface area contributed by atoms with Gasteiger partial charge in [-0.25, -0.2) is 0 Å². The van der Waals surface area contributed by atoms with E-state index in [2.05, 4.69) is 0 Å². The number of hydrogen-bond acceptors (Lipinski definition) is 2. The minimum atomic E-state index is 0.584. The van der Waals surface area contributed by atoms with Crippen LogP contribution in [0.25, 0.3) is 6.08 Å². The van der Waals surface area contributed by atoms with Gasteiger partial charge in [0.1, 0.15) is 5.76 Å². The predicted molar refractivity (Wildman–Crippen MR) is 41.4 cm³/mol. The minimum absolute atomic E-state index is 0.584. The molecule has 0 saturated carbocycles. The van der Waals surface area contributed by atoms with Gasteiger partial charge in [-0.05, 0) is 25.1 Å². The van der Waals surface area contributed by atoms with Crippen LogP contribution in [0.3, 0.4) is 0 Å². The van der Waals surface area contributed by atoms with E-state index in [1.807, 2.05) is 25.1 Å². The van der Waals surface area contributed by atoms with E-state index in [1.165, 1.54) is 0 Å². The van der Waals surface area contributed by atoms with Gasteiger partial charge < -0.3 is 10.2 Å². The Morgan fingerprint density at radius 1 is 1.80 bits per heavy atom. The van der Waals surface area contributed by atoms with Crippen LogP contribution in [0.2, 0.25) is 0 Å². The fourth-order valence-electron chi connectivity index (χ4n) is 0.675. The van der Waals surface area contributed by atoms with Crippen LogP contribution < -0.4 is 5.73 Å². The molecular weight excluding hydrogens is 126 g/mol. The molecule has 2 N–H and O–H groups in total. The van der Waals surface area contributed by atoms with E-state index in [0.717, 1.165) is 11.3 Å². The Bertz CT molecular complexity index is 211. The molecule has 0 fully saturated rings. The van der Waals surface area contributed by atoms with E-state index in [0.29, 0.717) is 6.54 Å². The van der Waals surface area contributed by atoms with Crippen molar-refractivity contribution in [2.75, 3.05) is 6.54 Å². The zero-order chi connectivity index (χ0) is 7.40. The molecule has 54 valence electrons. The molecule has 0 bridgehead atoms. The first-order chi connectivity index (χ1) is 4.83. The summed E-state index contributed by atoms with van der Waals surface area (Å²) in [5.41, 5.74) is 6.50. The third-order valence-electron chi connectivity index (χ3n) is 1.25. The average Bonchev–Trinajstić information content (AvgIpc) is 2.40. The first-order valence-corrected chi connectivity index (χ1v) is 3.23. The van der Waals surface area contributed by atoms with Gasteiger partial charge in [0.15, 0.2) is 0 Å². The lowest BCUT2D eigenvalue weighted by Gasteiger charge is -1.90. The quantitative estimate of drug-likeness (QED) is 0.673. The monoisotopic (exact) mass is 137 g/mol. The van der Waals surface area contributed by atoms with Crippen molar-refractivity contribution in [2.24, 2.45) is 5.73 Å². The summed E-state index contributed by atoms with van der Waals surface area (Å²) in [4.78, 5) is 0. The van der Waals surface area contributed by atoms with Gasteiger partial charge in [0.05, 0.1) is 6.26 Å². The van der Waals surface area contributed by atoms with Crippen molar-refractivity contribution in [1.29, 1.82) is 0 Å². The standard InChI is InChI=1S/C8H11NO/c1-7(6-9)5-8-3-2-4-10-8/h2-5H,6,9H2,1H3/b7-5+. The Morgan fingerprint density at radius 2 is 2.60 bits per heavy atom. The maximum atomic E-state index is 5.38. The number of furan rings is 1. The molecule has 0 aliphatic heterocycles. The largest absolute Gasteiger partial charge is 0.465 e. The lowest BCUT2D eigenvalue weighted by Crippen LogP contribution is -1.98. The molecule has 0 aromatic carbocycles. The van der Waals surface area contributed by atoms with E-state index in [4.69, 9.17) is 10.2 Å². The second-order valence-corrected chi connectivity index (χ2v) is 2.21. The molecule has 10 heavy (non-hydrogen) atoms. The van der Waals surface area contributed by atoms with Gasteiger partial charge in [0.2, 0.25) is 0 Å². The van der Waals surface area contributed by atoms with Crippen LogP contribution in [0.5, 0.6) is 0 Å². The highest BCUT2D eigenvalue weighted by molar-refractivity contribution is 5.46. The summed E-state index contributed by atoms with van der Waals surface area (Å²) in [6.07, 6.45) is 3.58. The van der Waals surface area contributed by atoms with Gasteiger partial charge in [-0.1, -0.05) is 5.57 Å². The Morgan fingerprint density at radius 3 is 3.10 bits per heavy atom. The Labute approximate surface area is 60.3 Å². The molecule has 0 spiro atoms. The van der Waals surface area contributed by atoms with Crippen molar-refractivity contribution < 1.29 is 4.42 Å². The topological polar surface area (TPSA) is 39.2 Å². The Balaban J connectivity index is 2.71. The highest BCUT2D eigenvalue weighted by Gasteiger charge is 1.89. The molecule has 0 aliphatic rings. The van der Waals surface area contributed by atoms with Gasteiger partial charge in [-0.3, -0.25) is 0 Å². The number of hydrogen-bond donors (Lipinski definition) is 1. The first-order valence-electron chi connectivity index (χ1n) is 3.23. The van der Waals surface area contributed by atoms with Crippen molar-refractivity contribution in [3.8, 4) is 0 Å². The lowest BCUT2D eigenvalue weighted by molar-refractivity contribution is 0.556. The first kappa shape index (κ1) is 7.09. The molecule has 1 rings (SSSR count).